The molecule has 1 N–H and O–H groups in total. The highest BCUT2D eigenvalue weighted by molar-refractivity contribution is 5.25. The molecule has 0 aliphatic heterocycles. The predicted molar refractivity (Wildman–Crippen MR) is 73.6 cm³/mol. The summed E-state index contributed by atoms with van der Waals surface area (Å²) < 4.78 is 5.68. The third kappa shape index (κ3) is 4.29. The summed E-state index contributed by atoms with van der Waals surface area (Å²) in [6.45, 7) is 13.3. The van der Waals surface area contributed by atoms with Crippen LogP contribution in [0.1, 0.15) is 46.9 Å². The highest BCUT2D eigenvalue weighted by atomic mass is 16.4. The number of anilines is 1. The molecule has 0 spiro atoms. The molecule has 104 valence electrons. The summed E-state index contributed by atoms with van der Waals surface area (Å²) in [6.07, 6.45) is 1.07. The summed E-state index contributed by atoms with van der Waals surface area (Å²) in [4.78, 5) is 2.14. The largest absolute Gasteiger partial charge is 0.407 e. The fraction of sp³-hybridized carbons (Fsp3) is 0.846. The average Bonchev–Trinajstić information content (AvgIpc) is 2.78. The number of nitrogens with one attached hydrogen (secondary N) is 1. The first-order valence-corrected chi connectivity index (χ1v) is 6.88. The molecule has 5 nitrogen and oxygen atoms in total. The van der Waals surface area contributed by atoms with Crippen LogP contribution in [-0.4, -0.2) is 29.3 Å². The minimum atomic E-state index is 0.423. The van der Waals surface area contributed by atoms with E-state index in [1.54, 1.807) is 0 Å². The van der Waals surface area contributed by atoms with E-state index in [9.17, 15) is 0 Å². The Hall–Kier alpha value is -1.10. The van der Waals surface area contributed by atoms with Crippen LogP contribution in [0.4, 0.5) is 6.01 Å². The Bertz CT molecular complexity index is 337. The predicted octanol–water partition coefficient (Wildman–Crippen LogP) is 2.44. The lowest BCUT2D eigenvalue weighted by molar-refractivity contribution is 0.437. The highest BCUT2D eigenvalue weighted by Crippen LogP contribution is 2.16. The van der Waals surface area contributed by atoms with E-state index in [0.717, 1.165) is 19.5 Å². The minimum Gasteiger partial charge on any atom is -0.407 e. The standard InChI is InChI=1S/C13H26N4O/c1-6-11(5)17(7-2)13-16-15-12(18-13)9-14-8-10(3)4/h10-11,14H,6-9H2,1-5H3. The molecule has 0 amide bonds. The van der Waals surface area contributed by atoms with Crippen molar-refractivity contribution in [1.29, 1.82) is 0 Å². The van der Waals surface area contributed by atoms with Crippen molar-refractivity contribution in [3.05, 3.63) is 5.89 Å². The number of nitrogens with zero attached hydrogens (tertiary/aromatic N) is 3. The van der Waals surface area contributed by atoms with Crippen molar-refractivity contribution in [2.45, 2.75) is 53.6 Å². The van der Waals surface area contributed by atoms with Crippen molar-refractivity contribution < 1.29 is 4.42 Å². The summed E-state index contributed by atoms with van der Waals surface area (Å²) in [5.41, 5.74) is 0. The summed E-state index contributed by atoms with van der Waals surface area (Å²) in [5, 5.41) is 11.5. The van der Waals surface area contributed by atoms with Gasteiger partial charge in [0.05, 0.1) is 6.54 Å². The van der Waals surface area contributed by atoms with Gasteiger partial charge in [-0.3, -0.25) is 0 Å². The molecule has 1 aromatic heterocycles. The molecule has 1 aromatic rings. The van der Waals surface area contributed by atoms with E-state index in [1.807, 2.05) is 0 Å². The van der Waals surface area contributed by atoms with Gasteiger partial charge in [-0.05, 0) is 32.7 Å². The van der Waals surface area contributed by atoms with Crippen LogP contribution >= 0.6 is 0 Å². The molecule has 18 heavy (non-hydrogen) atoms. The Labute approximate surface area is 110 Å². The first kappa shape index (κ1) is 15.0. The van der Waals surface area contributed by atoms with Gasteiger partial charge in [0.1, 0.15) is 0 Å². The zero-order valence-electron chi connectivity index (χ0n) is 12.2. The molecular formula is C13H26N4O. The Morgan fingerprint density at radius 2 is 1.94 bits per heavy atom. The van der Waals surface area contributed by atoms with Crippen LogP contribution in [0.15, 0.2) is 4.42 Å². The summed E-state index contributed by atoms with van der Waals surface area (Å²) >= 11 is 0. The molecule has 0 saturated heterocycles. The van der Waals surface area contributed by atoms with Gasteiger partial charge in [0.25, 0.3) is 0 Å². The third-order valence-electron chi connectivity index (χ3n) is 2.99. The maximum atomic E-state index is 5.68. The van der Waals surface area contributed by atoms with Gasteiger partial charge in [-0.1, -0.05) is 25.9 Å². The molecule has 1 atom stereocenters. The monoisotopic (exact) mass is 254 g/mol. The van der Waals surface area contributed by atoms with Gasteiger partial charge in [0, 0.05) is 12.6 Å². The lowest BCUT2D eigenvalue weighted by atomic mass is 10.2. The second-order valence-electron chi connectivity index (χ2n) is 5.05. The Morgan fingerprint density at radius 3 is 2.50 bits per heavy atom. The van der Waals surface area contributed by atoms with Crippen molar-refractivity contribution >= 4 is 6.01 Å². The molecule has 5 heteroatoms. The van der Waals surface area contributed by atoms with Gasteiger partial charge in [-0.15, -0.1) is 5.10 Å². The zero-order chi connectivity index (χ0) is 13.5. The maximum absolute atomic E-state index is 5.68. The van der Waals surface area contributed by atoms with Crippen molar-refractivity contribution in [1.82, 2.24) is 15.5 Å². The molecule has 1 unspecified atom stereocenters. The zero-order valence-corrected chi connectivity index (χ0v) is 12.2. The van der Waals surface area contributed by atoms with E-state index >= 15 is 0 Å². The van der Waals surface area contributed by atoms with E-state index in [0.29, 0.717) is 30.4 Å². The summed E-state index contributed by atoms with van der Waals surface area (Å²) in [5.74, 6) is 1.28. The Kier molecular flexibility index (Phi) is 6.12. The van der Waals surface area contributed by atoms with Gasteiger partial charge >= 0.3 is 6.01 Å². The van der Waals surface area contributed by atoms with Gasteiger partial charge in [-0.2, -0.15) is 0 Å². The SMILES string of the molecule is CCC(C)N(CC)c1nnc(CNCC(C)C)o1. The molecule has 0 fully saturated rings. The van der Waals surface area contributed by atoms with Crippen LogP contribution in [0.3, 0.4) is 0 Å². The smallest absolute Gasteiger partial charge is 0.318 e. The van der Waals surface area contributed by atoms with Crippen LogP contribution in [0.5, 0.6) is 0 Å². The quantitative estimate of drug-likeness (QED) is 0.772. The minimum absolute atomic E-state index is 0.423. The first-order valence-electron chi connectivity index (χ1n) is 6.88. The van der Waals surface area contributed by atoms with E-state index in [-0.39, 0.29) is 0 Å². The molecule has 0 aliphatic carbocycles. The second kappa shape index (κ2) is 7.36. The van der Waals surface area contributed by atoms with Gasteiger partial charge in [0.15, 0.2) is 0 Å². The molecule has 0 bridgehead atoms. The van der Waals surface area contributed by atoms with Crippen LogP contribution in [0.25, 0.3) is 0 Å². The molecule has 0 radical (unpaired) electrons. The Morgan fingerprint density at radius 1 is 1.22 bits per heavy atom. The molecular weight excluding hydrogens is 228 g/mol. The van der Waals surface area contributed by atoms with Crippen LogP contribution < -0.4 is 10.2 Å². The van der Waals surface area contributed by atoms with Crippen LogP contribution in [-0.2, 0) is 6.54 Å². The van der Waals surface area contributed by atoms with E-state index < -0.39 is 0 Å². The average molecular weight is 254 g/mol. The van der Waals surface area contributed by atoms with Crippen molar-refractivity contribution in [3.63, 3.8) is 0 Å². The number of rotatable bonds is 8. The fourth-order valence-corrected chi connectivity index (χ4v) is 1.76. The van der Waals surface area contributed by atoms with E-state index in [2.05, 4.69) is 55.0 Å². The molecule has 1 heterocycles. The van der Waals surface area contributed by atoms with Gasteiger partial charge in [-0.25, -0.2) is 0 Å². The summed E-state index contributed by atoms with van der Waals surface area (Å²) in [7, 11) is 0. The normalized spacial score (nSPS) is 13.0. The topological polar surface area (TPSA) is 54.2 Å². The number of hydrogen-bond acceptors (Lipinski definition) is 5. The first-order chi connectivity index (χ1) is 8.58. The fourth-order valence-electron chi connectivity index (χ4n) is 1.76. The Balaban J connectivity index is 2.55. The van der Waals surface area contributed by atoms with Gasteiger partial charge in [0.2, 0.25) is 5.89 Å². The van der Waals surface area contributed by atoms with Crippen molar-refractivity contribution in [2.24, 2.45) is 5.92 Å². The lowest BCUT2D eigenvalue weighted by Gasteiger charge is -2.24. The summed E-state index contributed by atoms with van der Waals surface area (Å²) in [6, 6.07) is 1.06. The highest BCUT2D eigenvalue weighted by Gasteiger charge is 2.17. The maximum Gasteiger partial charge on any atom is 0.318 e. The van der Waals surface area contributed by atoms with Crippen LogP contribution in [0.2, 0.25) is 0 Å². The van der Waals surface area contributed by atoms with Crippen LogP contribution in [0, 0.1) is 5.92 Å². The van der Waals surface area contributed by atoms with Gasteiger partial charge < -0.3 is 14.6 Å². The molecule has 1 rings (SSSR count). The third-order valence-corrected chi connectivity index (χ3v) is 2.99. The molecule has 0 aromatic carbocycles. The van der Waals surface area contributed by atoms with Crippen molar-refractivity contribution in [2.75, 3.05) is 18.0 Å². The van der Waals surface area contributed by atoms with E-state index in [4.69, 9.17) is 4.42 Å². The molecule has 0 aliphatic rings. The second-order valence-corrected chi connectivity index (χ2v) is 5.05. The van der Waals surface area contributed by atoms with E-state index in [1.165, 1.54) is 0 Å². The van der Waals surface area contributed by atoms with Crippen molar-refractivity contribution in [3.8, 4) is 0 Å². The molecule has 0 saturated carbocycles. The number of aromatic nitrogens is 2. The number of hydrogen-bond donors (Lipinski definition) is 1. The lowest BCUT2D eigenvalue weighted by Crippen LogP contribution is -2.32.